The van der Waals surface area contributed by atoms with Gasteiger partial charge in [0.25, 0.3) is 0 Å². The van der Waals surface area contributed by atoms with Gasteiger partial charge in [-0.2, -0.15) is 0 Å². The molecule has 0 aromatic rings. The molecule has 2 amide bonds. The molecule has 0 aliphatic rings. The maximum atomic E-state index is 11.6. The molecule has 0 aromatic heterocycles. The van der Waals surface area contributed by atoms with E-state index in [0.29, 0.717) is 26.2 Å². The molecule has 21 heavy (non-hydrogen) atoms. The fourth-order valence-corrected chi connectivity index (χ4v) is 1.70. The molecule has 0 unspecified atom stereocenters. The van der Waals surface area contributed by atoms with Gasteiger partial charge in [0.05, 0.1) is 0 Å². The summed E-state index contributed by atoms with van der Waals surface area (Å²) in [5, 5.41) is 2.74. The second-order valence-electron chi connectivity index (χ2n) is 4.73. The topological polar surface area (TPSA) is 67.9 Å². The van der Waals surface area contributed by atoms with E-state index in [2.05, 4.69) is 12.2 Å². The molecule has 0 saturated carbocycles. The van der Waals surface area contributed by atoms with Crippen LogP contribution in [-0.2, 0) is 19.1 Å². The van der Waals surface area contributed by atoms with Gasteiger partial charge in [-0.25, -0.2) is 0 Å². The van der Waals surface area contributed by atoms with E-state index in [0.717, 1.165) is 25.9 Å². The Bertz CT molecular complexity index is 281. The summed E-state index contributed by atoms with van der Waals surface area (Å²) in [6, 6.07) is 0. The molecule has 0 rings (SSSR count). The fourth-order valence-electron chi connectivity index (χ4n) is 1.70. The summed E-state index contributed by atoms with van der Waals surface area (Å²) in [5.74, 6) is -0.284. The highest BCUT2D eigenvalue weighted by Gasteiger charge is 2.10. The molecular formula is C15H30N2O4. The van der Waals surface area contributed by atoms with E-state index in [9.17, 15) is 9.59 Å². The lowest BCUT2D eigenvalue weighted by Crippen LogP contribution is -2.35. The fraction of sp³-hybridized carbons (Fsp3) is 0.867. The number of unbranched alkanes of at least 4 members (excludes halogenated alkanes) is 1. The van der Waals surface area contributed by atoms with Crippen LogP contribution in [0, 0.1) is 0 Å². The van der Waals surface area contributed by atoms with Gasteiger partial charge in [-0.3, -0.25) is 9.59 Å². The van der Waals surface area contributed by atoms with Crippen molar-refractivity contribution in [1.29, 1.82) is 0 Å². The van der Waals surface area contributed by atoms with Crippen LogP contribution < -0.4 is 5.32 Å². The molecule has 0 bridgehead atoms. The molecular weight excluding hydrogens is 272 g/mol. The maximum Gasteiger partial charge on any atom is 0.248 e. The van der Waals surface area contributed by atoms with E-state index in [1.807, 2.05) is 13.8 Å². The van der Waals surface area contributed by atoms with E-state index in [4.69, 9.17) is 9.47 Å². The number of nitrogens with one attached hydrogen (secondary N) is 1. The van der Waals surface area contributed by atoms with Crippen LogP contribution in [0.15, 0.2) is 0 Å². The van der Waals surface area contributed by atoms with Crippen molar-refractivity contribution < 1.29 is 19.1 Å². The van der Waals surface area contributed by atoms with Gasteiger partial charge in [0.1, 0.15) is 13.2 Å². The zero-order valence-corrected chi connectivity index (χ0v) is 13.7. The van der Waals surface area contributed by atoms with Crippen molar-refractivity contribution in [2.24, 2.45) is 0 Å². The number of nitrogens with zero attached hydrogens (tertiary/aromatic N) is 1. The van der Waals surface area contributed by atoms with Crippen LogP contribution in [0.1, 0.15) is 40.0 Å². The van der Waals surface area contributed by atoms with Gasteiger partial charge in [-0.05, 0) is 26.7 Å². The van der Waals surface area contributed by atoms with Gasteiger partial charge < -0.3 is 19.7 Å². The Morgan fingerprint density at radius 3 is 2.24 bits per heavy atom. The van der Waals surface area contributed by atoms with E-state index in [-0.39, 0.29) is 25.0 Å². The summed E-state index contributed by atoms with van der Waals surface area (Å²) >= 11 is 0. The van der Waals surface area contributed by atoms with Crippen molar-refractivity contribution >= 4 is 11.8 Å². The molecule has 0 radical (unpaired) electrons. The molecule has 0 heterocycles. The van der Waals surface area contributed by atoms with Gasteiger partial charge in [-0.1, -0.05) is 13.3 Å². The van der Waals surface area contributed by atoms with Crippen LogP contribution >= 0.6 is 0 Å². The van der Waals surface area contributed by atoms with Crippen LogP contribution in [0.3, 0.4) is 0 Å². The van der Waals surface area contributed by atoms with E-state index >= 15 is 0 Å². The minimum absolute atomic E-state index is 0.0464. The van der Waals surface area contributed by atoms with Crippen molar-refractivity contribution in [3.05, 3.63) is 0 Å². The van der Waals surface area contributed by atoms with E-state index in [1.54, 1.807) is 4.90 Å². The predicted octanol–water partition coefficient (Wildman–Crippen LogP) is 1.19. The lowest BCUT2D eigenvalue weighted by molar-refractivity contribution is -0.138. The minimum Gasteiger partial charge on any atom is -0.381 e. The zero-order valence-electron chi connectivity index (χ0n) is 13.7. The summed E-state index contributed by atoms with van der Waals surface area (Å²) in [7, 11) is 0. The summed E-state index contributed by atoms with van der Waals surface area (Å²) in [6.45, 7) is 9.13. The SMILES string of the molecule is CCCCOCCCNC(=O)COCC(=O)N(CC)CC. The molecule has 124 valence electrons. The first kappa shape index (κ1) is 19.9. The molecule has 0 aliphatic carbocycles. The molecule has 0 fully saturated rings. The Balaban J connectivity index is 3.48. The average molecular weight is 302 g/mol. The van der Waals surface area contributed by atoms with Gasteiger partial charge in [0.15, 0.2) is 0 Å². The van der Waals surface area contributed by atoms with Crippen molar-refractivity contribution in [3.63, 3.8) is 0 Å². The highest BCUT2D eigenvalue weighted by Crippen LogP contribution is 1.91. The number of hydrogen-bond acceptors (Lipinski definition) is 4. The Morgan fingerprint density at radius 2 is 1.62 bits per heavy atom. The number of likely N-dealkylation sites (N-methyl/N-ethyl adjacent to an activating group) is 1. The summed E-state index contributed by atoms with van der Waals surface area (Å²) in [5.41, 5.74) is 0. The number of carbonyl (C=O) groups is 2. The molecule has 0 atom stereocenters. The van der Waals surface area contributed by atoms with Gasteiger partial charge >= 0.3 is 0 Å². The van der Waals surface area contributed by atoms with Gasteiger partial charge in [0, 0.05) is 32.8 Å². The second kappa shape index (κ2) is 13.8. The first-order valence-electron chi connectivity index (χ1n) is 7.85. The summed E-state index contributed by atoms with van der Waals surface area (Å²) in [4.78, 5) is 24.8. The van der Waals surface area contributed by atoms with Crippen LogP contribution in [0.2, 0.25) is 0 Å². The Labute approximate surface area is 128 Å². The third-order valence-electron chi connectivity index (χ3n) is 3.00. The minimum atomic E-state index is -0.198. The largest absolute Gasteiger partial charge is 0.381 e. The van der Waals surface area contributed by atoms with Crippen LogP contribution in [-0.4, -0.2) is 62.8 Å². The Morgan fingerprint density at radius 1 is 0.952 bits per heavy atom. The lowest BCUT2D eigenvalue weighted by Gasteiger charge is -2.18. The van der Waals surface area contributed by atoms with Gasteiger partial charge in [-0.15, -0.1) is 0 Å². The molecule has 0 aliphatic heterocycles. The highest BCUT2D eigenvalue weighted by atomic mass is 16.5. The molecule has 0 aromatic carbocycles. The first-order chi connectivity index (χ1) is 10.2. The van der Waals surface area contributed by atoms with Crippen LogP contribution in [0.5, 0.6) is 0 Å². The molecule has 0 saturated heterocycles. The quantitative estimate of drug-likeness (QED) is 0.519. The van der Waals surface area contributed by atoms with Crippen molar-refractivity contribution in [2.75, 3.05) is 46.1 Å². The normalized spacial score (nSPS) is 10.4. The van der Waals surface area contributed by atoms with Gasteiger partial charge in [0.2, 0.25) is 11.8 Å². The monoisotopic (exact) mass is 302 g/mol. The highest BCUT2D eigenvalue weighted by molar-refractivity contribution is 5.79. The van der Waals surface area contributed by atoms with Crippen molar-refractivity contribution in [1.82, 2.24) is 10.2 Å². The van der Waals surface area contributed by atoms with E-state index in [1.165, 1.54) is 0 Å². The smallest absolute Gasteiger partial charge is 0.248 e. The second-order valence-corrected chi connectivity index (χ2v) is 4.73. The number of carbonyl (C=O) groups excluding carboxylic acids is 2. The van der Waals surface area contributed by atoms with E-state index < -0.39 is 0 Å². The number of amides is 2. The average Bonchev–Trinajstić information content (AvgIpc) is 2.47. The van der Waals surface area contributed by atoms with Crippen molar-refractivity contribution in [2.45, 2.75) is 40.0 Å². The number of hydrogen-bond donors (Lipinski definition) is 1. The number of rotatable bonds is 13. The predicted molar refractivity (Wildman–Crippen MR) is 82.1 cm³/mol. The molecule has 6 heteroatoms. The van der Waals surface area contributed by atoms with Crippen LogP contribution in [0.25, 0.3) is 0 Å². The number of ether oxygens (including phenoxy) is 2. The third kappa shape index (κ3) is 11.2. The zero-order chi connectivity index (χ0) is 15.9. The molecule has 1 N–H and O–H groups in total. The van der Waals surface area contributed by atoms with Crippen LogP contribution in [0.4, 0.5) is 0 Å². The lowest BCUT2D eigenvalue weighted by atomic mass is 10.3. The molecule has 6 nitrogen and oxygen atoms in total. The summed E-state index contributed by atoms with van der Waals surface area (Å²) < 4.78 is 10.5. The summed E-state index contributed by atoms with van der Waals surface area (Å²) in [6.07, 6.45) is 2.98. The maximum absolute atomic E-state index is 11.6. The standard InChI is InChI=1S/C15H30N2O4/c1-4-7-10-20-11-8-9-16-14(18)12-21-13-15(19)17(5-2)6-3/h4-13H2,1-3H3,(H,16,18). The Hall–Kier alpha value is -1.14. The van der Waals surface area contributed by atoms with Crippen molar-refractivity contribution in [3.8, 4) is 0 Å². The first-order valence-corrected chi connectivity index (χ1v) is 7.85. The Kier molecular flexibility index (Phi) is 13.1. The molecule has 0 spiro atoms. The third-order valence-corrected chi connectivity index (χ3v) is 3.00.